The van der Waals surface area contributed by atoms with Gasteiger partial charge in [0.1, 0.15) is 5.60 Å². The van der Waals surface area contributed by atoms with Gasteiger partial charge in [-0.25, -0.2) is 0 Å². The lowest BCUT2D eigenvalue weighted by Crippen LogP contribution is -2.32. The number of allylic oxidation sites excluding steroid dienone is 5. The summed E-state index contributed by atoms with van der Waals surface area (Å²) in [6.07, 6.45) is 11.9. The van der Waals surface area contributed by atoms with E-state index in [1.54, 1.807) is 13.8 Å². The Bertz CT molecular complexity index is 826. The fraction of sp³-hybridized carbons (Fsp3) is 0.630. The van der Waals surface area contributed by atoms with E-state index in [1.165, 1.54) is 24.0 Å². The predicted molar refractivity (Wildman–Crippen MR) is 123 cm³/mol. The van der Waals surface area contributed by atoms with Crippen LogP contribution in [0.2, 0.25) is 0 Å². The number of aliphatic hydroxyl groups excluding tert-OH is 2. The Labute approximate surface area is 182 Å². The summed E-state index contributed by atoms with van der Waals surface area (Å²) >= 11 is 0. The highest BCUT2D eigenvalue weighted by Crippen LogP contribution is 2.56. The van der Waals surface area contributed by atoms with E-state index in [1.807, 2.05) is 0 Å². The van der Waals surface area contributed by atoms with Crippen LogP contribution < -0.4 is 0 Å². The maximum atomic E-state index is 10.1. The van der Waals surface area contributed by atoms with Gasteiger partial charge >= 0.3 is 0 Å². The van der Waals surface area contributed by atoms with Crippen molar-refractivity contribution in [2.45, 2.75) is 90.4 Å². The van der Waals surface area contributed by atoms with Crippen molar-refractivity contribution in [3.05, 3.63) is 47.1 Å². The first kappa shape index (κ1) is 23.1. The van der Waals surface area contributed by atoms with Crippen molar-refractivity contribution in [2.75, 3.05) is 0 Å². The molecule has 164 valence electrons. The Morgan fingerprint density at radius 1 is 1.33 bits per heavy atom. The second-order valence-electron chi connectivity index (χ2n) is 10.3. The Morgan fingerprint density at radius 2 is 2.07 bits per heavy atom. The molecular weight excluding hydrogens is 372 g/mol. The molecule has 0 bridgehead atoms. The molecule has 3 nitrogen and oxygen atoms in total. The fourth-order valence-corrected chi connectivity index (χ4v) is 5.61. The third kappa shape index (κ3) is 4.99. The zero-order valence-electron chi connectivity index (χ0n) is 19.0. The first-order chi connectivity index (χ1) is 14.0. The fourth-order valence-electron chi connectivity index (χ4n) is 5.61. The van der Waals surface area contributed by atoms with Crippen LogP contribution >= 0.6 is 0 Å². The van der Waals surface area contributed by atoms with Gasteiger partial charge in [-0.3, -0.25) is 0 Å². The molecule has 0 heterocycles. The summed E-state index contributed by atoms with van der Waals surface area (Å²) in [7, 11) is 0. The summed E-state index contributed by atoms with van der Waals surface area (Å²) in [5, 5.41) is 30.0. The van der Waals surface area contributed by atoms with Crippen LogP contribution in [0.5, 0.6) is 0 Å². The van der Waals surface area contributed by atoms with E-state index in [-0.39, 0.29) is 5.41 Å². The van der Waals surface area contributed by atoms with Gasteiger partial charge in [0.15, 0.2) is 0 Å². The molecule has 0 aromatic heterocycles. The molecule has 0 amide bonds. The summed E-state index contributed by atoms with van der Waals surface area (Å²) in [6.45, 7) is 12.1. The van der Waals surface area contributed by atoms with Crippen LogP contribution in [0.15, 0.2) is 47.1 Å². The van der Waals surface area contributed by atoms with Crippen molar-refractivity contribution in [3.8, 4) is 11.8 Å². The van der Waals surface area contributed by atoms with Crippen molar-refractivity contribution in [1.82, 2.24) is 0 Å². The number of rotatable bonds is 3. The molecule has 3 N–H and O–H groups in total. The minimum Gasteiger partial charge on any atom is -0.393 e. The van der Waals surface area contributed by atoms with Gasteiger partial charge in [0.2, 0.25) is 0 Å². The van der Waals surface area contributed by atoms with E-state index in [0.717, 1.165) is 30.4 Å². The summed E-state index contributed by atoms with van der Waals surface area (Å²) in [4.78, 5) is 0. The lowest BCUT2D eigenvalue weighted by molar-refractivity contribution is 0.0862. The molecule has 30 heavy (non-hydrogen) atoms. The van der Waals surface area contributed by atoms with Gasteiger partial charge in [-0.15, -0.1) is 0 Å². The average Bonchev–Trinajstić information content (AvgIpc) is 3.00. The number of aliphatic hydroxyl groups is 3. The zero-order valence-corrected chi connectivity index (χ0v) is 19.0. The first-order valence-corrected chi connectivity index (χ1v) is 11.4. The van der Waals surface area contributed by atoms with Crippen molar-refractivity contribution >= 4 is 0 Å². The van der Waals surface area contributed by atoms with Crippen molar-refractivity contribution in [1.29, 1.82) is 0 Å². The van der Waals surface area contributed by atoms with Gasteiger partial charge in [0.05, 0.1) is 12.2 Å². The van der Waals surface area contributed by atoms with Crippen molar-refractivity contribution in [3.63, 3.8) is 0 Å². The minimum atomic E-state index is -0.936. The Balaban J connectivity index is 1.76. The molecule has 3 aliphatic carbocycles. The van der Waals surface area contributed by atoms with Crippen LogP contribution in [-0.2, 0) is 0 Å². The van der Waals surface area contributed by atoms with Gasteiger partial charge < -0.3 is 15.3 Å². The highest BCUT2D eigenvalue weighted by molar-refractivity contribution is 5.40. The number of hydrogen-bond acceptors (Lipinski definition) is 3. The zero-order chi connectivity index (χ0) is 22.1. The van der Waals surface area contributed by atoms with Crippen LogP contribution in [0, 0.1) is 29.1 Å². The molecular formula is C27H38O3. The third-order valence-electron chi connectivity index (χ3n) is 7.21. The first-order valence-electron chi connectivity index (χ1n) is 11.4. The Morgan fingerprint density at radius 3 is 2.77 bits per heavy atom. The second kappa shape index (κ2) is 8.87. The standard InChI is InChI=1S/C27H38O3/c1-18(8-6-14-26(3,4)30)23-12-13-24-20(9-7-15-27(23,24)5)10-11-21-16-22(28)17-25(29)19(21)2/h10-12,18,22,24-25,28-30H,2,7-9,13,15-17H2,1,3-5H3/b20-10+,21-11-/t18-,22-,24+,25+,27?/m1/s1. The van der Waals surface area contributed by atoms with E-state index < -0.39 is 17.8 Å². The van der Waals surface area contributed by atoms with Crippen LogP contribution in [0.25, 0.3) is 0 Å². The molecule has 3 aliphatic rings. The van der Waals surface area contributed by atoms with Crippen molar-refractivity contribution < 1.29 is 15.3 Å². The molecule has 0 aromatic rings. The molecule has 1 unspecified atom stereocenters. The molecule has 0 aliphatic heterocycles. The summed E-state index contributed by atoms with van der Waals surface area (Å²) in [5.74, 6) is 7.03. The molecule has 0 spiro atoms. The smallest absolute Gasteiger partial charge is 0.119 e. The highest BCUT2D eigenvalue weighted by atomic mass is 16.3. The van der Waals surface area contributed by atoms with Gasteiger partial charge in [-0.1, -0.05) is 61.6 Å². The third-order valence-corrected chi connectivity index (χ3v) is 7.21. The molecule has 3 rings (SSSR count). The molecule has 0 saturated heterocycles. The largest absolute Gasteiger partial charge is 0.393 e. The molecule has 0 aromatic carbocycles. The number of hydrogen-bond donors (Lipinski definition) is 3. The maximum absolute atomic E-state index is 10.1. The SMILES string of the molecule is C=C1/C(=C\C=C2/CCCC3(C)C([C@H](C)CC#CC(C)(C)O)=CC[C@@H]23)C[C@@H](O)C[C@@H]1O. The van der Waals surface area contributed by atoms with Gasteiger partial charge in [0.25, 0.3) is 0 Å². The summed E-state index contributed by atoms with van der Waals surface area (Å²) in [6, 6.07) is 0. The van der Waals surface area contributed by atoms with Crippen LogP contribution in [-0.4, -0.2) is 33.1 Å². The number of fused-ring (bicyclic) bond motifs is 1. The molecule has 3 heteroatoms. The maximum Gasteiger partial charge on any atom is 0.119 e. The summed E-state index contributed by atoms with van der Waals surface area (Å²) < 4.78 is 0. The normalized spacial score (nSPS) is 35.6. The van der Waals surface area contributed by atoms with Crippen LogP contribution in [0.1, 0.15) is 72.6 Å². The topological polar surface area (TPSA) is 60.7 Å². The van der Waals surface area contributed by atoms with E-state index >= 15 is 0 Å². The van der Waals surface area contributed by atoms with E-state index in [0.29, 0.717) is 24.7 Å². The van der Waals surface area contributed by atoms with Crippen LogP contribution in [0.3, 0.4) is 0 Å². The summed E-state index contributed by atoms with van der Waals surface area (Å²) in [5.41, 5.74) is 3.95. The molecule has 5 atom stereocenters. The lowest BCUT2D eigenvalue weighted by Gasteiger charge is -2.42. The van der Waals surface area contributed by atoms with E-state index in [9.17, 15) is 15.3 Å². The lowest BCUT2D eigenvalue weighted by atomic mass is 9.62. The Kier molecular flexibility index (Phi) is 6.82. The quantitative estimate of drug-likeness (QED) is 0.460. The van der Waals surface area contributed by atoms with Crippen molar-refractivity contribution in [2.24, 2.45) is 17.3 Å². The highest BCUT2D eigenvalue weighted by Gasteiger charge is 2.45. The van der Waals surface area contributed by atoms with E-state index in [2.05, 4.69) is 50.5 Å². The van der Waals surface area contributed by atoms with Gasteiger partial charge in [0, 0.05) is 12.8 Å². The average molecular weight is 411 g/mol. The monoisotopic (exact) mass is 410 g/mol. The molecule has 0 radical (unpaired) electrons. The molecule has 2 fully saturated rings. The van der Waals surface area contributed by atoms with Gasteiger partial charge in [-0.05, 0) is 74.3 Å². The van der Waals surface area contributed by atoms with Gasteiger partial charge in [-0.2, -0.15) is 0 Å². The van der Waals surface area contributed by atoms with Crippen LogP contribution in [0.4, 0.5) is 0 Å². The van der Waals surface area contributed by atoms with E-state index in [4.69, 9.17) is 0 Å². The predicted octanol–water partition coefficient (Wildman–Crippen LogP) is 4.85. The molecule has 2 saturated carbocycles. The minimum absolute atomic E-state index is 0.168. The second-order valence-corrected chi connectivity index (χ2v) is 10.3. The Hall–Kier alpha value is -1.60.